The number of carbonyl (C=O) groups excluding carboxylic acids is 1. The minimum absolute atomic E-state index is 0.378. The van der Waals surface area contributed by atoms with Gasteiger partial charge in [-0.15, -0.1) is 0 Å². The lowest BCUT2D eigenvalue weighted by molar-refractivity contribution is -0.0773. The number of rotatable bonds is 1. The summed E-state index contributed by atoms with van der Waals surface area (Å²) in [4.78, 5) is 40.3. The molecule has 0 spiro atoms. The van der Waals surface area contributed by atoms with Crippen LogP contribution in [0.4, 0.5) is 0 Å². The molecule has 1 aliphatic rings. The van der Waals surface area contributed by atoms with Crippen LogP contribution in [-0.2, 0) is 4.84 Å². The molecule has 1 aliphatic heterocycles. The number of amides is 1. The minimum atomic E-state index is -0.820. The van der Waals surface area contributed by atoms with E-state index < -0.39 is 17.2 Å². The summed E-state index contributed by atoms with van der Waals surface area (Å²) in [6, 6.07) is 0. The number of nitrogens with one attached hydrogen (secondary N) is 2. The van der Waals surface area contributed by atoms with Crippen molar-refractivity contribution in [3.05, 3.63) is 26.5 Å². The van der Waals surface area contributed by atoms with Gasteiger partial charge in [0.25, 0.3) is 5.56 Å². The number of H-pyrrole nitrogens is 2. The lowest BCUT2D eigenvalue weighted by Crippen LogP contribution is -2.36. The van der Waals surface area contributed by atoms with E-state index in [1.807, 2.05) is 10.1 Å². The smallest absolute Gasteiger partial charge is 0.271 e. The number of hydrogen-bond acceptors (Lipinski definition) is 5. The first-order valence-electron chi connectivity index (χ1n) is 4.32. The number of hydroxylamine groups is 2. The number of carbonyl (C=O) groups is 1. The fourth-order valence-corrected chi connectivity index (χ4v) is 1.22. The van der Waals surface area contributed by atoms with E-state index in [2.05, 4.69) is 5.10 Å². The Morgan fingerprint density at radius 1 is 1.47 bits per heavy atom. The van der Waals surface area contributed by atoms with Crippen molar-refractivity contribution < 1.29 is 9.63 Å². The minimum Gasteiger partial charge on any atom is -0.271 e. The molecule has 1 saturated heterocycles. The van der Waals surface area contributed by atoms with Crippen LogP contribution in [0.25, 0.3) is 0 Å². The van der Waals surface area contributed by atoms with Gasteiger partial charge in [-0.3, -0.25) is 19.4 Å². The Labute approximate surface area is 82.8 Å². The van der Waals surface area contributed by atoms with Crippen molar-refractivity contribution in [2.75, 3.05) is 13.2 Å². The second-order valence-electron chi connectivity index (χ2n) is 2.95. The van der Waals surface area contributed by atoms with Crippen molar-refractivity contribution in [1.29, 1.82) is 0 Å². The average Bonchev–Trinajstić information content (AvgIpc) is 2.69. The predicted molar refractivity (Wildman–Crippen MR) is 47.1 cm³/mol. The zero-order valence-corrected chi connectivity index (χ0v) is 7.65. The fourth-order valence-electron chi connectivity index (χ4n) is 1.22. The molecule has 80 valence electrons. The summed E-state index contributed by atoms with van der Waals surface area (Å²) in [5.41, 5.74) is -1.95. The highest BCUT2D eigenvalue weighted by Gasteiger charge is 2.24. The van der Waals surface area contributed by atoms with Gasteiger partial charge in [0.05, 0.1) is 13.2 Å². The Kier molecular flexibility index (Phi) is 2.34. The molecule has 0 radical (unpaired) electrons. The molecule has 0 unspecified atom stereocenters. The Balaban J connectivity index is 2.33. The fraction of sp³-hybridized carbons (Fsp3) is 0.429. The molecule has 1 amide bonds. The van der Waals surface area contributed by atoms with Gasteiger partial charge in [0.1, 0.15) is 0 Å². The first-order chi connectivity index (χ1) is 7.18. The normalized spacial score (nSPS) is 15.6. The van der Waals surface area contributed by atoms with Gasteiger partial charge in [-0.1, -0.05) is 0 Å². The van der Waals surface area contributed by atoms with Crippen LogP contribution in [0, 0.1) is 0 Å². The molecule has 8 nitrogen and oxygen atoms in total. The summed E-state index contributed by atoms with van der Waals surface area (Å²) in [7, 11) is 0. The van der Waals surface area contributed by atoms with Gasteiger partial charge in [0.15, 0.2) is 0 Å². The van der Waals surface area contributed by atoms with Crippen LogP contribution >= 0.6 is 0 Å². The zero-order chi connectivity index (χ0) is 10.8. The summed E-state index contributed by atoms with van der Waals surface area (Å²) >= 11 is 0. The number of aromatic nitrogens is 3. The molecule has 1 aromatic rings. The number of aromatic amines is 2. The molecule has 15 heavy (non-hydrogen) atoms. The van der Waals surface area contributed by atoms with Gasteiger partial charge >= 0.3 is 11.6 Å². The van der Waals surface area contributed by atoms with Crippen molar-refractivity contribution in [3.63, 3.8) is 0 Å². The molecule has 1 aromatic heterocycles. The van der Waals surface area contributed by atoms with E-state index in [4.69, 9.17) is 4.84 Å². The van der Waals surface area contributed by atoms with Crippen LogP contribution in [0.1, 0.15) is 16.9 Å². The van der Waals surface area contributed by atoms with Crippen molar-refractivity contribution in [2.45, 2.75) is 6.42 Å². The van der Waals surface area contributed by atoms with Crippen molar-refractivity contribution in [2.24, 2.45) is 0 Å². The monoisotopic (exact) mass is 212 g/mol. The van der Waals surface area contributed by atoms with Crippen molar-refractivity contribution in [1.82, 2.24) is 20.2 Å². The third-order valence-electron chi connectivity index (χ3n) is 1.89. The van der Waals surface area contributed by atoms with E-state index in [1.54, 1.807) is 0 Å². The van der Waals surface area contributed by atoms with Gasteiger partial charge in [-0.25, -0.2) is 15.0 Å². The Hall–Kier alpha value is -1.96. The number of nitrogens with zero attached hydrogens (tertiary/aromatic N) is 2. The van der Waals surface area contributed by atoms with Gasteiger partial charge in [-0.2, -0.15) is 5.10 Å². The lowest BCUT2D eigenvalue weighted by Gasteiger charge is -2.11. The highest BCUT2D eigenvalue weighted by Crippen LogP contribution is 2.06. The van der Waals surface area contributed by atoms with E-state index in [9.17, 15) is 14.4 Å². The zero-order valence-electron chi connectivity index (χ0n) is 7.65. The standard InChI is InChI=1S/C7H8N4O4/c12-5-4(9-10-7(14)8-5)6(13)11-2-1-3-15-11/h1-3H2,(H2,8,10,12,14). The van der Waals surface area contributed by atoms with Crippen LogP contribution in [0.5, 0.6) is 0 Å². The maximum absolute atomic E-state index is 11.6. The molecule has 0 aliphatic carbocycles. The van der Waals surface area contributed by atoms with Gasteiger partial charge in [-0.05, 0) is 6.42 Å². The van der Waals surface area contributed by atoms with Crippen LogP contribution in [0.3, 0.4) is 0 Å². The molecule has 2 heterocycles. The summed E-state index contributed by atoms with van der Waals surface area (Å²) < 4.78 is 0. The Morgan fingerprint density at radius 2 is 2.27 bits per heavy atom. The summed E-state index contributed by atoms with van der Waals surface area (Å²) in [6.07, 6.45) is 0.715. The molecular weight excluding hydrogens is 204 g/mol. The highest BCUT2D eigenvalue weighted by molar-refractivity contribution is 5.91. The van der Waals surface area contributed by atoms with Crippen molar-refractivity contribution in [3.8, 4) is 0 Å². The molecular formula is C7H8N4O4. The maximum atomic E-state index is 11.6. The van der Waals surface area contributed by atoms with E-state index in [0.29, 0.717) is 19.6 Å². The second kappa shape index (κ2) is 3.65. The number of hydrogen-bond donors (Lipinski definition) is 2. The van der Waals surface area contributed by atoms with Crippen LogP contribution in [0.15, 0.2) is 9.59 Å². The third kappa shape index (κ3) is 1.79. The summed E-state index contributed by atoms with van der Waals surface area (Å²) in [5, 5.41) is 6.40. The summed E-state index contributed by atoms with van der Waals surface area (Å²) in [6.45, 7) is 0.853. The van der Waals surface area contributed by atoms with Crippen LogP contribution in [0.2, 0.25) is 0 Å². The molecule has 1 fully saturated rings. The SMILES string of the molecule is O=C(c1n[nH]c(=O)[nH]c1=O)N1CCCO1. The molecule has 0 saturated carbocycles. The Morgan fingerprint density at radius 3 is 2.87 bits per heavy atom. The molecule has 2 rings (SSSR count). The lowest BCUT2D eigenvalue weighted by atomic mass is 10.4. The van der Waals surface area contributed by atoms with Gasteiger partial charge in [0.2, 0.25) is 5.69 Å². The second-order valence-corrected chi connectivity index (χ2v) is 2.95. The predicted octanol–water partition coefficient (Wildman–Crippen LogP) is -1.76. The highest BCUT2D eigenvalue weighted by atomic mass is 16.7. The summed E-state index contributed by atoms with van der Waals surface area (Å²) in [5.74, 6) is -0.648. The topological polar surface area (TPSA) is 108 Å². The first-order valence-corrected chi connectivity index (χ1v) is 4.32. The van der Waals surface area contributed by atoms with Gasteiger partial charge in [0, 0.05) is 0 Å². The molecule has 0 bridgehead atoms. The largest absolute Gasteiger partial charge is 0.342 e. The van der Waals surface area contributed by atoms with Crippen molar-refractivity contribution >= 4 is 5.91 Å². The van der Waals surface area contributed by atoms with E-state index >= 15 is 0 Å². The third-order valence-corrected chi connectivity index (χ3v) is 1.89. The van der Waals surface area contributed by atoms with Crippen LogP contribution < -0.4 is 11.2 Å². The van der Waals surface area contributed by atoms with E-state index in [1.165, 1.54) is 0 Å². The quantitative estimate of drug-likeness (QED) is 0.573. The van der Waals surface area contributed by atoms with Gasteiger partial charge < -0.3 is 0 Å². The first kappa shape index (κ1) is 9.59. The Bertz CT molecular complexity index is 484. The van der Waals surface area contributed by atoms with E-state index in [-0.39, 0.29) is 5.69 Å². The van der Waals surface area contributed by atoms with Crippen LogP contribution in [-0.4, -0.2) is 39.3 Å². The van der Waals surface area contributed by atoms with E-state index in [0.717, 1.165) is 5.06 Å². The maximum Gasteiger partial charge on any atom is 0.342 e. The average molecular weight is 212 g/mol. The molecule has 8 heteroatoms. The molecule has 2 N–H and O–H groups in total. The molecule has 0 aromatic carbocycles. The molecule has 0 atom stereocenters.